The quantitative estimate of drug-likeness (QED) is 0.0840. The summed E-state index contributed by atoms with van der Waals surface area (Å²) in [7, 11) is 0. The van der Waals surface area contributed by atoms with Gasteiger partial charge in [0.2, 0.25) is 0 Å². The molecule has 0 aromatic heterocycles. The number of hydrogen-bond donors (Lipinski definition) is 1. The Labute approximate surface area is 274 Å². The van der Waals surface area contributed by atoms with Crippen LogP contribution in [0.3, 0.4) is 0 Å². The molecule has 262 valence electrons. The molecule has 45 heavy (non-hydrogen) atoms. The first kappa shape index (κ1) is 41.4. The lowest BCUT2D eigenvalue weighted by atomic mass is 10.2. The molecule has 0 saturated carbocycles. The Bertz CT molecular complexity index is 736. The fraction of sp³-hybridized carbons (Fsp3) is 0.781. The van der Waals surface area contributed by atoms with Crippen LogP contribution in [0, 0.1) is 0 Å². The van der Waals surface area contributed by atoms with Crippen LogP contribution in [0.5, 0.6) is 0 Å². The average Bonchev–Trinajstić information content (AvgIpc) is 3.06. The summed E-state index contributed by atoms with van der Waals surface area (Å²) >= 11 is 5.65. The van der Waals surface area contributed by atoms with Gasteiger partial charge >= 0.3 is 6.09 Å². The second-order valence-corrected chi connectivity index (χ2v) is 9.98. The number of halogens is 1. The van der Waals surface area contributed by atoms with Crippen LogP contribution in [0.1, 0.15) is 31.2 Å². The number of carbonyl (C=O) groups is 1. The van der Waals surface area contributed by atoms with Gasteiger partial charge < -0.3 is 52.7 Å². The van der Waals surface area contributed by atoms with Gasteiger partial charge in [-0.1, -0.05) is 43.2 Å². The lowest BCUT2D eigenvalue weighted by Crippen LogP contribution is -2.28. The molecule has 0 fully saturated rings. The molecular formula is C32H56ClNO11. The number of nitrogens with one attached hydrogen (secondary N) is 1. The number of rotatable bonds is 35. The van der Waals surface area contributed by atoms with Crippen molar-refractivity contribution in [3.05, 3.63) is 35.9 Å². The fourth-order valence-corrected chi connectivity index (χ4v) is 3.70. The maximum absolute atomic E-state index is 11.6. The number of unbranched alkanes of at least 4 members (excludes halogenated alkanes) is 3. The van der Waals surface area contributed by atoms with Crippen LogP contribution in [0.4, 0.5) is 4.79 Å². The van der Waals surface area contributed by atoms with E-state index in [4.69, 9.17) is 59.0 Å². The highest BCUT2D eigenvalue weighted by Crippen LogP contribution is 2.01. The number of carbonyl (C=O) groups excluding carboxylic acids is 1. The van der Waals surface area contributed by atoms with Crippen LogP contribution in [0.2, 0.25) is 0 Å². The van der Waals surface area contributed by atoms with Gasteiger partial charge in [-0.2, -0.15) is 0 Å². The van der Waals surface area contributed by atoms with Crippen LogP contribution in [0.25, 0.3) is 0 Å². The average molecular weight is 666 g/mol. The standard InChI is InChI=1S/C32H56ClNO11/c33-10-6-1-2-7-12-36-14-16-38-18-20-40-22-24-42-26-28-44-29-27-43-25-23-41-21-19-39-17-15-37-13-11-34-32(35)45-30-31-8-4-3-5-9-31/h3-5,8-9H,1-2,6-7,10-30H2,(H,34,35). The molecule has 1 rings (SSSR count). The van der Waals surface area contributed by atoms with Crippen LogP contribution >= 0.6 is 11.6 Å². The summed E-state index contributed by atoms with van der Waals surface area (Å²) in [4.78, 5) is 11.6. The Morgan fingerprint density at radius 2 is 0.867 bits per heavy atom. The van der Waals surface area contributed by atoms with E-state index in [1.807, 2.05) is 30.3 Å². The van der Waals surface area contributed by atoms with E-state index < -0.39 is 6.09 Å². The van der Waals surface area contributed by atoms with Crippen molar-refractivity contribution in [2.75, 3.05) is 131 Å². The largest absolute Gasteiger partial charge is 0.445 e. The zero-order chi connectivity index (χ0) is 32.1. The molecule has 1 amide bonds. The van der Waals surface area contributed by atoms with Crippen LogP contribution in [-0.4, -0.2) is 137 Å². The molecule has 0 atom stereocenters. The highest BCUT2D eigenvalue weighted by molar-refractivity contribution is 6.17. The van der Waals surface area contributed by atoms with Gasteiger partial charge in [0.25, 0.3) is 0 Å². The van der Waals surface area contributed by atoms with E-state index in [1.54, 1.807) is 0 Å². The third kappa shape index (κ3) is 32.2. The molecule has 0 aliphatic carbocycles. The predicted octanol–water partition coefficient (Wildman–Crippen LogP) is 3.86. The molecule has 1 N–H and O–H groups in total. The molecule has 1 aromatic carbocycles. The molecule has 0 radical (unpaired) electrons. The summed E-state index contributed by atoms with van der Waals surface area (Å²) < 4.78 is 54.4. The molecule has 0 saturated heterocycles. The number of amides is 1. The lowest BCUT2D eigenvalue weighted by molar-refractivity contribution is -0.0249. The van der Waals surface area contributed by atoms with Gasteiger partial charge in [-0.15, -0.1) is 11.6 Å². The fourth-order valence-electron chi connectivity index (χ4n) is 3.51. The van der Waals surface area contributed by atoms with Crippen LogP contribution < -0.4 is 5.32 Å². The highest BCUT2D eigenvalue weighted by Gasteiger charge is 2.02. The van der Waals surface area contributed by atoms with Gasteiger partial charge in [0.05, 0.1) is 112 Å². The summed E-state index contributed by atoms with van der Waals surface area (Å²) in [6.45, 7) is 9.96. The first-order valence-corrected chi connectivity index (χ1v) is 16.6. The highest BCUT2D eigenvalue weighted by atomic mass is 35.5. The van der Waals surface area contributed by atoms with E-state index in [0.717, 1.165) is 37.3 Å². The summed E-state index contributed by atoms with van der Waals surface area (Å²) in [5, 5.41) is 2.64. The molecule has 12 nitrogen and oxygen atoms in total. The third-order valence-corrected chi connectivity index (χ3v) is 6.14. The first-order valence-electron chi connectivity index (χ1n) is 16.0. The molecule has 0 unspecified atom stereocenters. The van der Waals surface area contributed by atoms with Crippen molar-refractivity contribution in [2.24, 2.45) is 0 Å². The van der Waals surface area contributed by atoms with E-state index in [9.17, 15) is 4.79 Å². The predicted molar refractivity (Wildman–Crippen MR) is 171 cm³/mol. The molecule has 0 bridgehead atoms. The van der Waals surface area contributed by atoms with Gasteiger partial charge in [-0.25, -0.2) is 4.79 Å². The topological polar surface area (TPSA) is 121 Å². The van der Waals surface area contributed by atoms with Gasteiger partial charge in [0.1, 0.15) is 6.61 Å². The summed E-state index contributed by atoms with van der Waals surface area (Å²) in [6.07, 6.45) is 4.02. The number of benzene rings is 1. The first-order chi connectivity index (χ1) is 22.3. The number of alkyl carbamates (subject to hydrolysis) is 1. The number of hydrogen-bond acceptors (Lipinski definition) is 11. The normalized spacial score (nSPS) is 11.2. The molecular weight excluding hydrogens is 610 g/mol. The zero-order valence-corrected chi connectivity index (χ0v) is 27.7. The molecule has 1 aromatic rings. The van der Waals surface area contributed by atoms with E-state index >= 15 is 0 Å². The van der Waals surface area contributed by atoms with Crippen molar-refractivity contribution in [3.63, 3.8) is 0 Å². The lowest BCUT2D eigenvalue weighted by Gasteiger charge is -2.09. The third-order valence-electron chi connectivity index (χ3n) is 5.88. The SMILES string of the molecule is O=C(NCCOCCOCCOCCOCCOCCOCCOCCOCCOCCCCCCCl)OCc1ccccc1. The van der Waals surface area contributed by atoms with Crippen molar-refractivity contribution in [2.45, 2.75) is 32.3 Å². The minimum atomic E-state index is -0.467. The Kier molecular flexibility index (Phi) is 32.5. The van der Waals surface area contributed by atoms with Gasteiger partial charge in [0, 0.05) is 19.0 Å². The van der Waals surface area contributed by atoms with Gasteiger partial charge in [-0.05, 0) is 18.4 Å². The number of ether oxygens (including phenoxy) is 10. The summed E-state index contributed by atoms with van der Waals surface area (Å²) in [5.74, 6) is 0.741. The maximum Gasteiger partial charge on any atom is 0.407 e. The van der Waals surface area contributed by atoms with Crippen LogP contribution in [0.15, 0.2) is 30.3 Å². The van der Waals surface area contributed by atoms with Crippen molar-refractivity contribution in [1.82, 2.24) is 5.32 Å². The van der Waals surface area contributed by atoms with Crippen molar-refractivity contribution >= 4 is 17.7 Å². The van der Waals surface area contributed by atoms with E-state index in [1.165, 1.54) is 6.42 Å². The molecule has 0 aliphatic rings. The van der Waals surface area contributed by atoms with Crippen molar-refractivity contribution in [1.29, 1.82) is 0 Å². The Hall–Kier alpha value is -1.58. The van der Waals surface area contributed by atoms with E-state index in [-0.39, 0.29) is 6.61 Å². The second-order valence-electron chi connectivity index (χ2n) is 9.60. The maximum atomic E-state index is 11.6. The molecule has 13 heteroatoms. The van der Waals surface area contributed by atoms with Crippen molar-refractivity contribution in [3.8, 4) is 0 Å². The summed E-state index contributed by atoms with van der Waals surface area (Å²) in [6, 6.07) is 9.51. The summed E-state index contributed by atoms with van der Waals surface area (Å²) in [5.41, 5.74) is 0.940. The minimum absolute atomic E-state index is 0.240. The Balaban J connectivity index is 1.64. The zero-order valence-electron chi connectivity index (χ0n) is 26.9. The van der Waals surface area contributed by atoms with E-state index in [2.05, 4.69) is 5.32 Å². The smallest absolute Gasteiger partial charge is 0.407 e. The van der Waals surface area contributed by atoms with Crippen molar-refractivity contribution < 1.29 is 52.2 Å². The molecule has 0 spiro atoms. The van der Waals surface area contributed by atoms with Gasteiger partial charge in [-0.3, -0.25) is 0 Å². The molecule has 0 aliphatic heterocycles. The Morgan fingerprint density at radius 3 is 1.29 bits per heavy atom. The van der Waals surface area contributed by atoms with Crippen LogP contribution in [-0.2, 0) is 54.0 Å². The Morgan fingerprint density at radius 1 is 0.489 bits per heavy atom. The monoisotopic (exact) mass is 665 g/mol. The minimum Gasteiger partial charge on any atom is -0.445 e. The molecule has 0 heterocycles. The van der Waals surface area contributed by atoms with E-state index in [0.29, 0.717) is 119 Å². The second kappa shape index (κ2) is 35.3. The number of alkyl halides is 1. The van der Waals surface area contributed by atoms with Gasteiger partial charge in [0.15, 0.2) is 0 Å².